The average Bonchev–Trinajstić information content (AvgIpc) is 2.35. The quantitative estimate of drug-likeness (QED) is 0.656. The Morgan fingerprint density at radius 3 is 2.76 bits per heavy atom. The molecule has 0 saturated carbocycles. The smallest absolute Gasteiger partial charge is 0.325 e. The Hall–Kier alpha value is -1.81. The molecule has 0 saturated heterocycles. The van der Waals surface area contributed by atoms with Crippen LogP contribution in [0.3, 0.4) is 0 Å². The highest BCUT2D eigenvalue weighted by molar-refractivity contribution is 6.32. The van der Waals surface area contributed by atoms with Crippen LogP contribution in [0.4, 0.5) is 0 Å². The molecule has 0 atom stereocenters. The molecule has 17 heavy (non-hydrogen) atoms. The molecule has 1 aromatic rings. The number of benzene rings is 1. The number of halogens is 1. The lowest BCUT2D eigenvalue weighted by Gasteiger charge is -2.00. The Kier molecular flexibility index (Phi) is 5.23. The lowest BCUT2D eigenvalue weighted by atomic mass is 10.2. The second-order valence-electron chi connectivity index (χ2n) is 3.15. The van der Waals surface area contributed by atoms with E-state index in [1.54, 1.807) is 24.3 Å². The fourth-order valence-electron chi connectivity index (χ4n) is 1.07. The third-order valence-corrected chi connectivity index (χ3v) is 2.30. The van der Waals surface area contributed by atoms with Crippen LogP contribution < -0.4 is 5.32 Å². The number of amides is 1. The molecule has 1 N–H and O–H groups in total. The van der Waals surface area contributed by atoms with Crippen LogP contribution in [0.15, 0.2) is 30.3 Å². The second-order valence-corrected chi connectivity index (χ2v) is 3.56. The fraction of sp³-hybridized carbons (Fsp3) is 0.167. The van der Waals surface area contributed by atoms with Crippen molar-refractivity contribution in [1.29, 1.82) is 0 Å². The van der Waals surface area contributed by atoms with Crippen molar-refractivity contribution in [3.8, 4) is 0 Å². The molecule has 1 aromatic carbocycles. The SMILES string of the molecule is COC(=O)CNC(=O)C=Cc1ccccc1Cl. The van der Waals surface area contributed by atoms with Crippen LogP contribution in [0.5, 0.6) is 0 Å². The first-order chi connectivity index (χ1) is 8.13. The van der Waals surface area contributed by atoms with Gasteiger partial charge in [0, 0.05) is 11.1 Å². The topological polar surface area (TPSA) is 55.4 Å². The minimum Gasteiger partial charge on any atom is -0.468 e. The van der Waals surface area contributed by atoms with E-state index in [2.05, 4.69) is 10.1 Å². The third-order valence-electron chi connectivity index (χ3n) is 1.95. The summed E-state index contributed by atoms with van der Waals surface area (Å²) in [5.41, 5.74) is 0.738. The highest BCUT2D eigenvalue weighted by atomic mass is 35.5. The van der Waals surface area contributed by atoms with Crippen molar-refractivity contribution in [1.82, 2.24) is 5.32 Å². The molecule has 1 rings (SSSR count). The van der Waals surface area contributed by atoms with Crippen LogP contribution in [0.1, 0.15) is 5.56 Å². The summed E-state index contributed by atoms with van der Waals surface area (Å²) < 4.78 is 4.38. The van der Waals surface area contributed by atoms with Crippen LogP contribution in [0.25, 0.3) is 6.08 Å². The number of carbonyl (C=O) groups is 2. The summed E-state index contributed by atoms with van der Waals surface area (Å²) in [4.78, 5) is 22.1. The molecule has 0 bridgehead atoms. The molecule has 0 aliphatic rings. The summed E-state index contributed by atoms with van der Waals surface area (Å²) >= 11 is 5.90. The predicted molar refractivity (Wildman–Crippen MR) is 65.5 cm³/mol. The maximum Gasteiger partial charge on any atom is 0.325 e. The molecule has 1 amide bonds. The van der Waals surface area contributed by atoms with E-state index in [0.717, 1.165) is 5.56 Å². The molecule has 90 valence electrons. The van der Waals surface area contributed by atoms with Gasteiger partial charge in [-0.25, -0.2) is 0 Å². The van der Waals surface area contributed by atoms with E-state index in [1.807, 2.05) is 6.07 Å². The van der Waals surface area contributed by atoms with Gasteiger partial charge in [-0.2, -0.15) is 0 Å². The average molecular weight is 254 g/mol. The van der Waals surface area contributed by atoms with Gasteiger partial charge in [-0.3, -0.25) is 9.59 Å². The molecular formula is C12H12ClNO3. The molecule has 0 aliphatic heterocycles. The number of rotatable bonds is 4. The van der Waals surface area contributed by atoms with E-state index in [0.29, 0.717) is 5.02 Å². The van der Waals surface area contributed by atoms with Gasteiger partial charge in [0.1, 0.15) is 6.54 Å². The molecule has 0 unspecified atom stereocenters. The van der Waals surface area contributed by atoms with Crippen LogP contribution >= 0.6 is 11.6 Å². The number of ether oxygens (including phenoxy) is 1. The van der Waals surface area contributed by atoms with E-state index in [1.165, 1.54) is 13.2 Å². The zero-order valence-electron chi connectivity index (χ0n) is 9.27. The van der Waals surface area contributed by atoms with Gasteiger partial charge in [0.15, 0.2) is 0 Å². The van der Waals surface area contributed by atoms with Gasteiger partial charge in [0.2, 0.25) is 5.91 Å². The summed E-state index contributed by atoms with van der Waals surface area (Å²) in [6, 6.07) is 7.13. The van der Waals surface area contributed by atoms with Crippen molar-refractivity contribution in [2.75, 3.05) is 13.7 Å². The first-order valence-corrected chi connectivity index (χ1v) is 5.28. The molecule has 0 fully saturated rings. The lowest BCUT2D eigenvalue weighted by Crippen LogP contribution is -2.28. The van der Waals surface area contributed by atoms with E-state index in [-0.39, 0.29) is 12.5 Å². The Morgan fingerprint density at radius 1 is 1.41 bits per heavy atom. The van der Waals surface area contributed by atoms with E-state index >= 15 is 0 Å². The fourth-order valence-corrected chi connectivity index (χ4v) is 1.26. The monoisotopic (exact) mass is 253 g/mol. The van der Waals surface area contributed by atoms with Crippen molar-refractivity contribution in [2.24, 2.45) is 0 Å². The van der Waals surface area contributed by atoms with Crippen molar-refractivity contribution >= 4 is 29.6 Å². The summed E-state index contributed by atoms with van der Waals surface area (Å²) in [7, 11) is 1.26. The number of esters is 1. The summed E-state index contributed by atoms with van der Waals surface area (Å²) in [5, 5.41) is 2.94. The first-order valence-electron chi connectivity index (χ1n) is 4.90. The van der Waals surface area contributed by atoms with Gasteiger partial charge >= 0.3 is 5.97 Å². The Bertz CT molecular complexity index is 443. The number of nitrogens with one attached hydrogen (secondary N) is 1. The Labute approximate surface area is 104 Å². The largest absolute Gasteiger partial charge is 0.468 e. The van der Waals surface area contributed by atoms with Gasteiger partial charge in [0.05, 0.1) is 7.11 Å². The Balaban J connectivity index is 2.51. The predicted octanol–water partition coefficient (Wildman–Crippen LogP) is 1.64. The molecule has 0 radical (unpaired) electrons. The number of methoxy groups -OCH3 is 1. The molecule has 4 nitrogen and oxygen atoms in total. The van der Waals surface area contributed by atoms with Crippen molar-refractivity contribution in [3.63, 3.8) is 0 Å². The standard InChI is InChI=1S/C12H12ClNO3/c1-17-12(16)8-14-11(15)7-6-9-4-2-3-5-10(9)13/h2-7H,8H2,1H3,(H,14,15). The molecule has 0 aromatic heterocycles. The van der Waals surface area contributed by atoms with Gasteiger partial charge in [-0.1, -0.05) is 29.8 Å². The first kappa shape index (κ1) is 13.3. The summed E-state index contributed by atoms with van der Waals surface area (Å²) in [5.74, 6) is -0.875. The van der Waals surface area contributed by atoms with Crippen LogP contribution in [0.2, 0.25) is 5.02 Å². The zero-order chi connectivity index (χ0) is 12.7. The van der Waals surface area contributed by atoms with Crippen LogP contribution in [-0.2, 0) is 14.3 Å². The minimum absolute atomic E-state index is 0.151. The van der Waals surface area contributed by atoms with E-state index in [9.17, 15) is 9.59 Å². The second kappa shape index (κ2) is 6.70. The Morgan fingerprint density at radius 2 is 2.12 bits per heavy atom. The highest BCUT2D eigenvalue weighted by Crippen LogP contribution is 2.15. The number of hydrogen-bond donors (Lipinski definition) is 1. The maximum absolute atomic E-state index is 11.3. The van der Waals surface area contributed by atoms with Crippen molar-refractivity contribution in [3.05, 3.63) is 40.9 Å². The number of carbonyl (C=O) groups excluding carboxylic acids is 2. The number of hydrogen-bond acceptors (Lipinski definition) is 3. The highest BCUT2D eigenvalue weighted by Gasteiger charge is 2.01. The van der Waals surface area contributed by atoms with Gasteiger partial charge < -0.3 is 10.1 Å². The molecular weight excluding hydrogens is 242 g/mol. The summed E-state index contributed by atoms with van der Waals surface area (Å²) in [6.45, 7) is -0.151. The lowest BCUT2D eigenvalue weighted by molar-refractivity contribution is -0.140. The van der Waals surface area contributed by atoms with Gasteiger partial charge in [-0.05, 0) is 17.7 Å². The zero-order valence-corrected chi connectivity index (χ0v) is 10.0. The van der Waals surface area contributed by atoms with Crippen LogP contribution in [0, 0.1) is 0 Å². The summed E-state index contributed by atoms with van der Waals surface area (Å²) in [6.07, 6.45) is 2.89. The van der Waals surface area contributed by atoms with E-state index in [4.69, 9.17) is 11.6 Å². The van der Waals surface area contributed by atoms with Crippen molar-refractivity contribution in [2.45, 2.75) is 0 Å². The molecule has 0 heterocycles. The van der Waals surface area contributed by atoms with E-state index < -0.39 is 5.97 Å². The van der Waals surface area contributed by atoms with Crippen molar-refractivity contribution < 1.29 is 14.3 Å². The molecule has 0 spiro atoms. The maximum atomic E-state index is 11.3. The molecule has 5 heteroatoms. The minimum atomic E-state index is -0.496. The third kappa shape index (κ3) is 4.70. The van der Waals surface area contributed by atoms with Crippen LogP contribution in [-0.4, -0.2) is 25.5 Å². The molecule has 0 aliphatic carbocycles. The normalized spacial score (nSPS) is 10.2. The van der Waals surface area contributed by atoms with Gasteiger partial charge in [-0.15, -0.1) is 0 Å². The van der Waals surface area contributed by atoms with Gasteiger partial charge in [0.25, 0.3) is 0 Å².